The lowest BCUT2D eigenvalue weighted by Crippen LogP contribution is -2.40. The van der Waals surface area contributed by atoms with Crippen LogP contribution in [-0.2, 0) is 16.1 Å². The van der Waals surface area contributed by atoms with Crippen LogP contribution in [-0.4, -0.2) is 49.0 Å². The van der Waals surface area contributed by atoms with E-state index in [1.807, 2.05) is 24.3 Å². The quantitative estimate of drug-likeness (QED) is 0.745. The van der Waals surface area contributed by atoms with Crippen LogP contribution < -0.4 is 16.0 Å². The molecule has 8 heteroatoms. The maximum absolute atomic E-state index is 12.8. The molecule has 3 N–H and O–H groups in total. The monoisotopic (exact) mass is 422 g/mol. The molecular weight excluding hydrogens is 396 g/mol. The van der Waals surface area contributed by atoms with Gasteiger partial charge in [-0.05, 0) is 55.3 Å². The largest absolute Gasteiger partial charge is 0.447 e. The van der Waals surface area contributed by atoms with E-state index in [1.54, 1.807) is 24.3 Å². The van der Waals surface area contributed by atoms with Crippen molar-refractivity contribution in [1.29, 1.82) is 0 Å². The summed E-state index contributed by atoms with van der Waals surface area (Å²) in [5.74, 6) is -0.601. The van der Waals surface area contributed by atoms with Crippen molar-refractivity contribution in [3.05, 3.63) is 59.7 Å². The molecule has 0 radical (unpaired) electrons. The van der Waals surface area contributed by atoms with Crippen LogP contribution in [0, 0.1) is 5.92 Å². The average molecular weight is 422 g/mol. The normalized spacial score (nSPS) is 19.2. The Kier molecular flexibility index (Phi) is 6.18. The van der Waals surface area contributed by atoms with Crippen molar-refractivity contribution in [2.75, 3.05) is 36.5 Å². The molecule has 8 nitrogen and oxygen atoms in total. The molecule has 2 aliphatic heterocycles. The molecule has 1 unspecified atom stereocenters. The predicted molar refractivity (Wildman–Crippen MR) is 117 cm³/mol. The third-order valence-electron chi connectivity index (χ3n) is 5.77. The number of carbonyl (C=O) groups is 3. The van der Waals surface area contributed by atoms with Crippen LogP contribution in [0.5, 0.6) is 0 Å². The molecule has 2 fully saturated rings. The number of hydrogen-bond donors (Lipinski definition) is 2. The van der Waals surface area contributed by atoms with E-state index < -0.39 is 0 Å². The van der Waals surface area contributed by atoms with Crippen LogP contribution in [0.4, 0.5) is 16.2 Å². The van der Waals surface area contributed by atoms with Crippen molar-refractivity contribution in [2.45, 2.75) is 19.4 Å². The van der Waals surface area contributed by atoms with Crippen LogP contribution in [0.3, 0.4) is 0 Å². The minimum absolute atomic E-state index is 0.123. The summed E-state index contributed by atoms with van der Waals surface area (Å²) in [6.45, 7) is 3.04. The highest BCUT2D eigenvalue weighted by molar-refractivity contribution is 6.05. The van der Waals surface area contributed by atoms with Crippen molar-refractivity contribution in [3.63, 3.8) is 0 Å². The van der Waals surface area contributed by atoms with Gasteiger partial charge in [-0.1, -0.05) is 18.2 Å². The average Bonchev–Trinajstić information content (AvgIpc) is 3.21. The number of hydrogen-bond acceptors (Lipinski definition) is 5. The summed E-state index contributed by atoms with van der Waals surface area (Å²) in [6.07, 6.45) is 1.39. The first-order valence-corrected chi connectivity index (χ1v) is 10.5. The second kappa shape index (κ2) is 9.18. The van der Waals surface area contributed by atoms with Crippen LogP contribution in [0.2, 0.25) is 0 Å². The molecule has 2 heterocycles. The van der Waals surface area contributed by atoms with Gasteiger partial charge in [0.25, 0.3) is 5.91 Å². The summed E-state index contributed by atoms with van der Waals surface area (Å²) in [7, 11) is 0. The van der Waals surface area contributed by atoms with Crippen LogP contribution >= 0.6 is 0 Å². The smallest absolute Gasteiger partial charge is 0.414 e. The number of nitrogens with two attached hydrogens (primary N) is 1. The van der Waals surface area contributed by atoms with Gasteiger partial charge in [0.2, 0.25) is 5.91 Å². The molecule has 3 amide bonds. The van der Waals surface area contributed by atoms with E-state index in [2.05, 4.69) is 10.2 Å². The minimum Gasteiger partial charge on any atom is -0.447 e. The number of amides is 3. The summed E-state index contributed by atoms with van der Waals surface area (Å²) < 4.78 is 4.95. The Morgan fingerprint density at radius 2 is 1.87 bits per heavy atom. The number of ether oxygens (including phenoxy) is 1. The fraction of sp³-hybridized carbons (Fsp3) is 0.348. The first-order valence-electron chi connectivity index (χ1n) is 10.5. The SMILES string of the molecule is NC(=O)C1CCCN(Cc2ccccc2NC(=O)c2ccc(N3CCOC3=O)cc2)C1. The van der Waals surface area contributed by atoms with Crippen molar-refractivity contribution in [3.8, 4) is 0 Å². The summed E-state index contributed by atoms with van der Waals surface area (Å²) in [5.41, 5.74) is 8.41. The standard InChI is InChI=1S/C23H26N4O4/c24-21(28)18-5-3-11-26(15-18)14-17-4-1-2-6-20(17)25-22(29)16-7-9-19(10-8-16)27-12-13-31-23(27)30/h1-2,4,6-10,18H,3,5,11-15H2,(H2,24,28)(H,25,29). The number of carbonyl (C=O) groups excluding carboxylic acids is 3. The highest BCUT2D eigenvalue weighted by atomic mass is 16.6. The number of nitrogens with zero attached hydrogens (tertiary/aromatic N) is 2. The van der Waals surface area contributed by atoms with Crippen molar-refractivity contribution in [2.24, 2.45) is 11.7 Å². The lowest BCUT2D eigenvalue weighted by Gasteiger charge is -2.31. The molecule has 1 atom stereocenters. The number of primary amides is 1. The number of rotatable bonds is 6. The minimum atomic E-state index is -0.373. The van der Waals surface area contributed by atoms with E-state index in [9.17, 15) is 14.4 Å². The molecule has 0 aromatic heterocycles. The Morgan fingerprint density at radius 1 is 1.10 bits per heavy atom. The zero-order chi connectivity index (χ0) is 21.8. The number of likely N-dealkylation sites (tertiary alicyclic amines) is 1. The molecule has 0 spiro atoms. The molecule has 0 bridgehead atoms. The summed E-state index contributed by atoms with van der Waals surface area (Å²) >= 11 is 0. The van der Waals surface area contributed by atoms with Crippen LogP contribution in [0.15, 0.2) is 48.5 Å². The Bertz CT molecular complexity index is 976. The third-order valence-corrected chi connectivity index (χ3v) is 5.77. The predicted octanol–water partition coefficient (Wildman–Crippen LogP) is 2.59. The molecule has 2 aromatic rings. The van der Waals surface area contributed by atoms with Gasteiger partial charge in [0.15, 0.2) is 0 Å². The second-order valence-corrected chi connectivity index (χ2v) is 7.90. The highest BCUT2D eigenvalue weighted by Gasteiger charge is 2.25. The van der Waals surface area contributed by atoms with Gasteiger partial charge < -0.3 is 15.8 Å². The zero-order valence-corrected chi connectivity index (χ0v) is 17.3. The van der Waals surface area contributed by atoms with E-state index >= 15 is 0 Å². The molecule has 2 saturated heterocycles. The van der Waals surface area contributed by atoms with Gasteiger partial charge in [-0.2, -0.15) is 0 Å². The van der Waals surface area contributed by atoms with Crippen molar-refractivity contribution in [1.82, 2.24) is 4.90 Å². The third kappa shape index (κ3) is 4.86. The van der Waals surface area contributed by atoms with Crippen molar-refractivity contribution >= 4 is 29.3 Å². The van der Waals surface area contributed by atoms with Gasteiger partial charge in [-0.3, -0.25) is 19.4 Å². The number of nitrogens with one attached hydrogen (secondary N) is 1. The lowest BCUT2D eigenvalue weighted by molar-refractivity contribution is -0.123. The van der Waals surface area contributed by atoms with E-state index in [4.69, 9.17) is 10.5 Å². The Morgan fingerprint density at radius 3 is 2.58 bits per heavy atom. The Balaban J connectivity index is 1.43. The number of piperidine rings is 1. The topological polar surface area (TPSA) is 105 Å². The van der Waals surface area contributed by atoms with Gasteiger partial charge in [0.1, 0.15) is 6.61 Å². The molecule has 2 aliphatic rings. The van der Waals surface area contributed by atoms with E-state index in [-0.39, 0.29) is 23.8 Å². The van der Waals surface area contributed by atoms with Gasteiger partial charge in [-0.15, -0.1) is 0 Å². The number of para-hydroxylation sites is 1. The molecule has 2 aromatic carbocycles. The fourth-order valence-corrected chi connectivity index (χ4v) is 4.07. The molecule has 4 rings (SSSR count). The Hall–Kier alpha value is -3.39. The first kappa shape index (κ1) is 20.9. The summed E-state index contributed by atoms with van der Waals surface area (Å²) in [5, 5.41) is 2.99. The summed E-state index contributed by atoms with van der Waals surface area (Å²) in [4.78, 5) is 39.8. The molecule has 0 saturated carbocycles. The fourth-order valence-electron chi connectivity index (χ4n) is 4.07. The van der Waals surface area contributed by atoms with Crippen LogP contribution in [0.1, 0.15) is 28.8 Å². The highest BCUT2D eigenvalue weighted by Crippen LogP contribution is 2.24. The second-order valence-electron chi connectivity index (χ2n) is 7.90. The van der Waals surface area contributed by atoms with E-state index in [0.29, 0.717) is 37.5 Å². The maximum Gasteiger partial charge on any atom is 0.414 e. The number of anilines is 2. The van der Waals surface area contributed by atoms with Gasteiger partial charge >= 0.3 is 6.09 Å². The molecule has 162 valence electrons. The maximum atomic E-state index is 12.8. The zero-order valence-electron chi connectivity index (χ0n) is 17.3. The van der Waals surface area contributed by atoms with Crippen molar-refractivity contribution < 1.29 is 19.1 Å². The van der Waals surface area contributed by atoms with Gasteiger partial charge in [-0.25, -0.2) is 4.79 Å². The summed E-state index contributed by atoms with van der Waals surface area (Å²) in [6, 6.07) is 14.5. The molecule has 0 aliphatic carbocycles. The Labute approximate surface area is 180 Å². The van der Waals surface area contributed by atoms with E-state index in [0.717, 1.165) is 30.6 Å². The first-order chi connectivity index (χ1) is 15.0. The van der Waals surface area contributed by atoms with E-state index in [1.165, 1.54) is 4.90 Å². The molecule has 31 heavy (non-hydrogen) atoms. The lowest BCUT2D eigenvalue weighted by atomic mass is 9.97. The number of benzene rings is 2. The number of cyclic esters (lactones) is 1. The van der Waals surface area contributed by atoms with Gasteiger partial charge in [0.05, 0.1) is 12.5 Å². The molecular formula is C23H26N4O4. The van der Waals surface area contributed by atoms with Crippen LogP contribution in [0.25, 0.3) is 0 Å². The van der Waals surface area contributed by atoms with Gasteiger partial charge in [0, 0.05) is 30.0 Å².